The number of ether oxygens (including phenoxy) is 2. The Kier molecular flexibility index (Phi) is 13.3. The van der Waals surface area contributed by atoms with Crippen LogP contribution in [0.4, 0.5) is 0 Å². The van der Waals surface area contributed by atoms with Crippen LogP contribution in [-0.2, 0) is 27.9 Å². The lowest BCUT2D eigenvalue weighted by Crippen LogP contribution is -2.33. The molecule has 0 aromatic rings. The van der Waals surface area contributed by atoms with Gasteiger partial charge in [0, 0.05) is 24.4 Å². The van der Waals surface area contributed by atoms with Gasteiger partial charge in [0.25, 0.3) is 0 Å². The lowest BCUT2D eigenvalue weighted by atomic mass is 10.4. The van der Waals surface area contributed by atoms with Crippen molar-refractivity contribution in [1.82, 2.24) is 0 Å². The van der Waals surface area contributed by atoms with Gasteiger partial charge < -0.3 is 18.3 Å². The third-order valence-corrected chi connectivity index (χ3v) is 9.37. The maximum atomic E-state index is 11.4. The van der Waals surface area contributed by atoms with Crippen LogP contribution in [0.2, 0.25) is 38.3 Å². The molecule has 0 unspecified atom stereocenters. The minimum Gasteiger partial charge on any atom is -0.462 e. The Morgan fingerprint density at radius 2 is 1.00 bits per heavy atom. The van der Waals surface area contributed by atoms with E-state index in [1.165, 1.54) is 0 Å². The number of carbonyl (C=O) groups excluding carboxylic acids is 2. The zero-order valence-electron chi connectivity index (χ0n) is 19.2. The van der Waals surface area contributed by atoms with Crippen LogP contribution in [0.25, 0.3) is 0 Å². The second-order valence-electron chi connectivity index (χ2n) is 8.61. The molecule has 0 bridgehead atoms. The molecule has 0 atom stereocenters. The van der Waals surface area contributed by atoms with Gasteiger partial charge in [-0.3, -0.25) is 0 Å². The summed E-state index contributed by atoms with van der Waals surface area (Å²) in [6.45, 7) is 21.4. The number of esters is 2. The maximum Gasteiger partial charge on any atom is 0.333 e. The fourth-order valence-corrected chi connectivity index (χ4v) is 6.15. The second kappa shape index (κ2) is 13.9. The summed E-state index contributed by atoms with van der Waals surface area (Å²) >= 11 is 0. The Labute approximate surface area is 178 Å². The molecule has 168 valence electrons. The second-order valence-corrected chi connectivity index (χ2v) is 17.2. The molecule has 6 nitrogen and oxygen atoms in total. The first-order chi connectivity index (χ1) is 13.4. The lowest BCUT2D eigenvalue weighted by molar-refractivity contribution is -0.139. The van der Waals surface area contributed by atoms with E-state index in [1.54, 1.807) is 13.8 Å². The van der Waals surface area contributed by atoms with Crippen LogP contribution >= 0.6 is 0 Å². The van der Waals surface area contributed by atoms with E-state index in [1.807, 2.05) is 0 Å². The van der Waals surface area contributed by atoms with Gasteiger partial charge in [-0.1, -0.05) is 13.2 Å². The van der Waals surface area contributed by atoms with Gasteiger partial charge in [-0.15, -0.1) is 0 Å². The summed E-state index contributed by atoms with van der Waals surface area (Å²) in [7, 11) is -3.52. The number of hydrogen-bond donors (Lipinski definition) is 0. The molecule has 0 aliphatic heterocycles. The van der Waals surface area contributed by atoms with E-state index in [2.05, 4.69) is 39.3 Å². The Hall–Kier alpha value is -1.23. The molecule has 0 amide bonds. The first-order valence-electron chi connectivity index (χ1n) is 10.3. The Bertz CT molecular complexity index is 509. The van der Waals surface area contributed by atoms with Crippen LogP contribution < -0.4 is 0 Å². The molecule has 0 radical (unpaired) electrons. The number of rotatable bonds is 16. The molecule has 8 heteroatoms. The zero-order chi connectivity index (χ0) is 22.5. The SMILES string of the molecule is C=C(C)C(=O)OCCC[Si](C)(C)OCCCO[Si](C)(C)CCCOC(=O)C(=C)C. The molecular weight excluding hydrogens is 404 g/mol. The fraction of sp³-hybridized carbons (Fsp3) is 0.714. The molecule has 0 aliphatic rings. The average molecular weight is 445 g/mol. The molecular formula is C21H40O6Si2. The van der Waals surface area contributed by atoms with Gasteiger partial charge in [-0.2, -0.15) is 0 Å². The van der Waals surface area contributed by atoms with Crippen LogP contribution in [-0.4, -0.2) is 55.0 Å². The van der Waals surface area contributed by atoms with Crippen molar-refractivity contribution < 1.29 is 27.9 Å². The number of carbonyl (C=O) groups is 2. The van der Waals surface area contributed by atoms with Crippen molar-refractivity contribution in [3.63, 3.8) is 0 Å². The molecule has 0 heterocycles. The maximum absolute atomic E-state index is 11.4. The monoisotopic (exact) mass is 444 g/mol. The topological polar surface area (TPSA) is 71.1 Å². The van der Waals surface area contributed by atoms with Gasteiger partial charge in [0.05, 0.1) is 13.2 Å². The highest BCUT2D eigenvalue weighted by Gasteiger charge is 2.24. The van der Waals surface area contributed by atoms with Crippen molar-refractivity contribution in [3.8, 4) is 0 Å². The van der Waals surface area contributed by atoms with Gasteiger partial charge in [-0.05, 0) is 71.4 Å². The van der Waals surface area contributed by atoms with Crippen LogP contribution in [0.5, 0.6) is 0 Å². The van der Waals surface area contributed by atoms with E-state index < -0.39 is 16.6 Å². The van der Waals surface area contributed by atoms with Gasteiger partial charge in [0.1, 0.15) is 0 Å². The molecule has 0 spiro atoms. The van der Waals surface area contributed by atoms with Crippen LogP contribution in [0.1, 0.15) is 33.1 Å². The van der Waals surface area contributed by atoms with Crippen LogP contribution in [0.3, 0.4) is 0 Å². The molecule has 0 fully saturated rings. The fourth-order valence-electron chi connectivity index (χ4n) is 2.47. The molecule has 0 rings (SSSR count). The van der Waals surface area contributed by atoms with Gasteiger partial charge in [-0.25, -0.2) is 9.59 Å². The van der Waals surface area contributed by atoms with Crippen molar-refractivity contribution in [2.45, 2.75) is 71.4 Å². The largest absolute Gasteiger partial charge is 0.462 e. The zero-order valence-corrected chi connectivity index (χ0v) is 21.2. The molecule has 0 aromatic heterocycles. The Morgan fingerprint density at radius 3 is 1.31 bits per heavy atom. The minimum atomic E-state index is -1.76. The van der Waals surface area contributed by atoms with Crippen molar-refractivity contribution >= 4 is 28.6 Å². The van der Waals surface area contributed by atoms with Gasteiger partial charge in [0.15, 0.2) is 16.6 Å². The first-order valence-corrected chi connectivity index (χ1v) is 16.5. The third-order valence-electron chi connectivity index (χ3n) is 4.28. The average Bonchev–Trinajstić information content (AvgIpc) is 2.61. The molecule has 29 heavy (non-hydrogen) atoms. The first kappa shape index (κ1) is 27.8. The lowest BCUT2D eigenvalue weighted by Gasteiger charge is -2.25. The predicted octanol–water partition coefficient (Wildman–Crippen LogP) is 4.84. The summed E-state index contributed by atoms with van der Waals surface area (Å²) in [6.07, 6.45) is 2.48. The molecule has 0 aliphatic carbocycles. The normalized spacial score (nSPS) is 11.8. The summed E-state index contributed by atoms with van der Waals surface area (Å²) in [5, 5.41) is 0. The van der Waals surface area contributed by atoms with Crippen LogP contribution in [0, 0.1) is 0 Å². The van der Waals surface area contributed by atoms with Crippen molar-refractivity contribution in [3.05, 3.63) is 24.3 Å². The van der Waals surface area contributed by atoms with E-state index >= 15 is 0 Å². The number of hydrogen-bond acceptors (Lipinski definition) is 6. The van der Waals surface area contributed by atoms with E-state index in [0.29, 0.717) is 37.6 Å². The van der Waals surface area contributed by atoms with Crippen molar-refractivity contribution in [2.75, 3.05) is 26.4 Å². The van der Waals surface area contributed by atoms with E-state index in [0.717, 1.165) is 31.4 Å². The van der Waals surface area contributed by atoms with Crippen LogP contribution in [0.15, 0.2) is 24.3 Å². The predicted molar refractivity (Wildman–Crippen MR) is 122 cm³/mol. The van der Waals surface area contributed by atoms with E-state index in [-0.39, 0.29) is 11.9 Å². The third kappa shape index (κ3) is 15.3. The smallest absolute Gasteiger partial charge is 0.333 e. The highest BCUT2D eigenvalue weighted by molar-refractivity contribution is 6.71. The van der Waals surface area contributed by atoms with E-state index in [9.17, 15) is 9.59 Å². The Morgan fingerprint density at radius 1 is 0.655 bits per heavy atom. The molecule has 0 aromatic carbocycles. The van der Waals surface area contributed by atoms with Crippen molar-refractivity contribution in [1.29, 1.82) is 0 Å². The molecule has 0 N–H and O–H groups in total. The summed E-state index contributed by atoms with van der Waals surface area (Å²) in [4.78, 5) is 22.7. The van der Waals surface area contributed by atoms with Gasteiger partial charge in [0.2, 0.25) is 0 Å². The molecule has 0 saturated carbocycles. The summed E-state index contributed by atoms with van der Waals surface area (Å²) < 4.78 is 22.4. The van der Waals surface area contributed by atoms with Gasteiger partial charge >= 0.3 is 11.9 Å². The standard InChI is InChI=1S/C21H40O6Si2/c1-18(2)20(22)24-12-10-16-28(5,6)26-14-9-15-27-29(7,8)17-11-13-25-21(23)19(3)4/h1,3,9-17H2,2,4-8H3. The summed E-state index contributed by atoms with van der Waals surface area (Å²) in [6, 6.07) is 1.89. The highest BCUT2D eigenvalue weighted by Crippen LogP contribution is 2.16. The van der Waals surface area contributed by atoms with E-state index in [4.69, 9.17) is 18.3 Å². The van der Waals surface area contributed by atoms with Crippen molar-refractivity contribution in [2.24, 2.45) is 0 Å². The quantitative estimate of drug-likeness (QED) is 0.147. The summed E-state index contributed by atoms with van der Waals surface area (Å²) in [5.74, 6) is -0.661. The highest BCUT2D eigenvalue weighted by atomic mass is 28.4. The Balaban J connectivity index is 3.85. The molecule has 0 saturated heterocycles. The summed E-state index contributed by atoms with van der Waals surface area (Å²) in [5.41, 5.74) is 0.856. The minimum absolute atomic E-state index is 0.330.